The molecule has 45 heavy (non-hydrogen) atoms. The van der Waals surface area contributed by atoms with Crippen LogP contribution in [0.5, 0.6) is 0 Å². The van der Waals surface area contributed by atoms with Gasteiger partial charge in [-0.3, -0.25) is 4.79 Å². The highest BCUT2D eigenvalue weighted by molar-refractivity contribution is 5.99. The number of carbonyl (C=O) groups is 1. The van der Waals surface area contributed by atoms with Crippen molar-refractivity contribution < 1.29 is 4.79 Å². The number of carbonyl (C=O) groups excluding carboxylic acids is 1. The molecule has 0 aliphatic carbocycles. The van der Waals surface area contributed by atoms with E-state index in [2.05, 4.69) is 126 Å². The van der Waals surface area contributed by atoms with Crippen LogP contribution in [0.15, 0.2) is 109 Å². The van der Waals surface area contributed by atoms with Gasteiger partial charge >= 0.3 is 0 Å². The molecular formula is C40H30N4O. The molecule has 0 saturated heterocycles. The first-order valence-electron chi connectivity index (χ1n) is 15.1. The van der Waals surface area contributed by atoms with Crippen LogP contribution in [-0.4, -0.2) is 26.2 Å². The Balaban J connectivity index is 1.54. The van der Waals surface area contributed by atoms with Crippen molar-refractivity contribution in [2.45, 2.75) is 13.8 Å². The van der Waals surface area contributed by atoms with Crippen LogP contribution in [0.4, 0.5) is 0 Å². The summed E-state index contributed by atoms with van der Waals surface area (Å²) in [5.74, 6) is 0. The molecule has 1 aliphatic heterocycles. The average Bonchev–Trinajstić information content (AvgIpc) is 3.89. The number of benzene rings is 3. The second-order valence-corrected chi connectivity index (χ2v) is 11.7. The predicted molar refractivity (Wildman–Crippen MR) is 186 cm³/mol. The maximum absolute atomic E-state index is 11.5. The Morgan fingerprint density at radius 1 is 0.444 bits per heavy atom. The Labute approximate surface area is 260 Å². The van der Waals surface area contributed by atoms with Gasteiger partial charge in [0.1, 0.15) is 6.29 Å². The molecule has 216 valence electrons. The van der Waals surface area contributed by atoms with Crippen LogP contribution < -0.4 is 0 Å². The molecule has 7 aromatic rings. The van der Waals surface area contributed by atoms with Crippen molar-refractivity contribution in [3.05, 3.63) is 137 Å². The Hall–Kier alpha value is -5.94. The molecule has 0 saturated carbocycles. The summed E-state index contributed by atoms with van der Waals surface area (Å²) >= 11 is 0. The van der Waals surface area contributed by atoms with E-state index in [-0.39, 0.29) is 0 Å². The summed E-state index contributed by atoms with van der Waals surface area (Å²) in [6.07, 6.45) is 5.05. The Bertz CT molecular complexity index is 2380. The summed E-state index contributed by atoms with van der Waals surface area (Å²) in [6.45, 7) is 4.20. The van der Waals surface area contributed by atoms with Crippen LogP contribution in [0, 0.1) is 13.8 Å². The van der Waals surface area contributed by atoms with Crippen molar-refractivity contribution in [1.29, 1.82) is 0 Å². The van der Waals surface area contributed by atoms with Crippen molar-refractivity contribution in [2.75, 3.05) is 0 Å². The molecule has 3 N–H and O–H groups in total. The minimum Gasteiger partial charge on any atom is -0.354 e. The van der Waals surface area contributed by atoms with Gasteiger partial charge < -0.3 is 15.0 Å². The van der Waals surface area contributed by atoms with Crippen LogP contribution >= 0.6 is 0 Å². The highest BCUT2D eigenvalue weighted by Gasteiger charge is 2.16. The number of nitrogens with one attached hydrogen (secondary N) is 3. The lowest BCUT2D eigenvalue weighted by Gasteiger charge is -2.06. The highest BCUT2D eigenvalue weighted by Crippen LogP contribution is 2.36. The molecule has 8 rings (SSSR count). The second-order valence-electron chi connectivity index (χ2n) is 11.7. The lowest BCUT2D eigenvalue weighted by molar-refractivity contribution is 0.112. The van der Waals surface area contributed by atoms with Gasteiger partial charge in [-0.15, -0.1) is 0 Å². The summed E-state index contributed by atoms with van der Waals surface area (Å²) in [4.78, 5) is 27.9. The molecule has 3 aromatic carbocycles. The van der Waals surface area contributed by atoms with Gasteiger partial charge in [0.15, 0.2) is 0 Å². The quantitative estimate of drug-likeness (QED) is 0.181. The molecule has 0 unspecified atom stereocenters. The molecule has 5 heteroatoms. The van der Waals surface area contributed by atoms with E-state index >= 15 is 0 Å². The lowest BCUT2D eigenvalue weighted by Crippen LogP contribution is -1.89. The van der Waals surface area contributed by atoms with Crippen molar-refractivity contribution >= 4 is 51.5 Å². The number of aromatic amines is 3. The van der Waals surface area contributed by atoms with Crippen LogP contribution in [0.2, 0.25) is 0 Å². The van der Waals surface area contributed by atoms with E-state index in [1.165, 1.54) is 11.1 Å². The SMILES string of the molecule is Cc1ccc(-c2c3nc(c(-c4ccc(C=O)cc4)c4ccc([nH]4)c(-c4ccc(C)cc4)c4ccc([nH]4)c4ccc2[nH]4)C=C3)cc1. The number of hydrogen-bond donors (Lipinski definition) is 3. The smallest absolute Gasteiger partial charge is 0.150 e. The third-order valence-electron chi connectivity index (χ3n) is 8.59. The maximum Gasteiger partial charge on any atom is 0.150 e. The fraction of sp³-hybridized carbons (Fsp3) is 0.0500. The number of aryl methyl sites for hydroxylation is 2. The van der Waals surface area contributed by atoms with Gasteiger partial charge in [0, 0.05) is 44.3 Å². The zero-order valence-corrected chi connectivity index (χ0v) is 25.0. The van der Waals surface area contributed by atoms with Crippen molar-refractivity contribution in [3.63, 3.8) is 0 Å². The second kappa shape index (κ2) is 10.6. The monoisotopic (exact) mass is 582 g/mol. The van der Waals surface area contributed by atoms with E-state index in [1.807, 2.05) is 24.3 Å². The number of aromatic nitrogens is 4. The van der Waals surface area contributed by atoms with E-state index in [0.29, 0.717) is 5.56 Å². The lowest BCUT2D eigenvalue weighted by atomic mass is 10.0. The third-order valence-corrected chi connectivity index (χ3v) is 8.59. The molecule has 0 spiro atoms. The molecule has 0 atom stereocenters. The topological polar surface area (TPSA) is 77.3 Å². The zero-order valence-electron chi connectivity index (χ0n) is 25.0. The van der Waals surface area contributed by atoms with Gasteiger partial charge in [-0.1, -0.05) is 83.9 Å². The number of fused-ring (bicyclic) bond motifs is 9. The Morgan fingerprint density at radius 2 is 0.800 bits per heavy atom. The fourth-order valence-electron chi connectivity index (χ4n) is 6.23. The number of nitrogens with zero attached hydrogens (tertiary/aromatic N) is 1. The first-order chi connectivity index (χ1) is 22.0. The Kier molecular flexibility index (Phi) is 6.31. The largest absolute Gasteiger partial charge is 0.354 e. The van der Waals surface area contributed by atoms with Gasteiger partial charge in [-0.25, -0.2) is 4.98 Å². The van der Waals surface area contributed by atoms with Gasteiger partial charge in [0.25, 0.3) is 0 Å². The van der Waals surface area contributed by atoms with Crippen LogP contribution in [0.3, 0.4) is 0 Å². The van der Waals surface area contributed by atoms with Gasteiger partial charge in [0.05, 0.1) is 22.4 Å². The van der Waals surface area contributed by atoms with Crippen molar-refractivity contribution in [1.82, 2.24) is 19.9 Å². The van der Waals surface area contributed by atoms with Crippen LogP contribution in [0.1, 0.15) is 32.9 Å². The summed E-state index contributed by atoms with van der Waals surface area (Å²) in [5, 5.41) is 0. The highest BCUT2D eigenvalue weighted by atomic mass is 16.1. The van der Waals surface area contributed by atoms with Crippen molar-refractivity contribution in [2.24, 2.45) is 0 Å². The van der Waals surface area contributed by atoms with Gasteiger partial charge in [-0.05, 0) is 79.1 Å². The minimum atomic E-state index is 0.634. The molecule has 1 aliphatic rings. The van der Waals surface area contributed by atoms with E-state index in [1.54, 1.807) is 0 Å². The van der Waals surface area contributed by atoms with Gasteiger partial charge in [-0.2, -0.15) is 0 Å². The van der Waals surface area contributed by atoms with Crippen LogP contribution in [-0.2, 0) is 0 Å². The normalized spacial score (nSPS) is 11.8. The summed E-state index contributed by atoms with van der Waals surface area (Å²) in [6, 6.07) is 37.7. The first-order valence-corrected chi connectivity index (χ1v) is 15.1. The minimum absolute atomic E-state index is 0.634. The molecule has 5 nitrogen and oxygen atoms in total. The molecule has 0 amide bonds. The Morgan fingerprint density at radius 3 is 1.24 bits per heavy atom. The molecule has 4 aromatic heterocycles. The predicted octanol–water partition coefficient (Wildman–Crippen LogP) is 10.1. The first kappa shape index (κ1) is 26.7. The average molecular weight is 583 g/mol. The number of H-pyrrole nitrogens is 3. The maximum atomic E-state index is 11.5. The van der Waals surface area contributed by atoms with E-state index in [9.17, 15) is 4.79 Å². The van der Waals surface area contributed by atoms with Gasteiger partial charge in [0.2, 0.25) is 0 Å². The molecule has 0 fully saturated rings. The number of hydrogen-bond acceptors (Lipinski definition) is 2. The summed E-state index contributed by atoms with van der Waals surface area (Å²) < 4.78 is 0. The zero-order chi connectivity index (χ0) is 30.5. The van der Waals surface area contributed by atoms with E-state index in [4.69, 9.17) is 4.98 Å². The fourth-order valence-corrected chi connectivity index (χ4v) is 6.23. The number of aldehydes is 1. The molecule has 0 radical (unpaired) electrons. The summed E-state index contributed by atoms with van der Waals surface area (Å²) in [7, 11) is 0. The molecule has 5 heterocycles. The van der Waals surface area contributed by atoms with Crippen LogP contribution in [0.25, 0.3) is 78.6 Å². The summed E-state index contributed by atoms with van der Waals surface area (Å²) in [5.41, 5.74) is 17.0. The molecule has 8 bridgehead atoms. The van der Waals surface area contributed by atoms with Crippen molar-refractivity contribution in [3.8, 4) is 33.4 Å². The van der Waals surface area contributed by atoms with E-state index < -0.39 is 0 Å². The molecular weight excluding hydrogens is 552 g/mol. The standard InChI is InChI=1S/C40H30N4O/c1-24-3-9-27(10-4-24)38-32-17-15-30(41-32)31-16-18-33(42-31)39(28-11-5-25(2)6-12-28)35-20-22-37(44-35)40(36-21-19-34(38)43-36)29-13-7-26(23-45)8-14-29/h3-23,41-43H,1-2H3. The third kappa shape index (κ3) is 4.75. The number of rotatable bonds is 4. The van der Waals surface area contributed by atoms with E-state index in [0.717, 1.165) is 84.2 Å².